The Morgan fingerprint density at radius 2 is 1.70 bits per heavy atom. The Kier molecular flexibility index (Phi) is 6.05. The zero-order chi connectivity index (χ0) is 22.1. The van der Waals surface area contributed by atoms with Gasteiger partial charge in [-0.3, -0.25) is 4.98 Å². The summed E-state index contributed by atoms with van der Waals surface area (Å²) in [6.45, 7) is 4.27. The lowest BCUT2D eigenvalue weighted by atomic mass is 10.1. The molecule has 1 unspecified atom stereocenters. The van der Waals surface area contributed by atoms with E-state index < -0.39 is 28.8 Å². The third-order valence-corrected chi connectivity index (χ3v) is 6.48. The van der Waals surface area contributed by atoms with Gasteiger partial charge in [0.1, 0.15) is 6.04 Å². The summed E-state index contributed by atoms with van der Waals surface area (Å²) in [4.78, 5) is 4.04. The molecule has 30 heavy (non-hydrogen) atoms. The lowest BCUT2D eigenvalue weighted by Crippen LogP contribution is -2.49. The van der Waals surface area contributed by atoms with E-state index in [1.807, 2.05) is 4.72 Å². The summed E-state index contributed by atoms with van der Waals surface area (Å²) in [6, 6.07) is 9.40. The standard InChI is InChI=1S/C21H22F3N3O2S/c1-13-10-14(2)20(15(3)11-13)30(28,29)27-19(21(22,23)24)12-26-18-8-4-7-17-16(18)6-5-9-25-17/h4-11,19,26-27H,12H2,1-3H3. The average molecular weight is 437 g/mol. The predicted molar refractivity (Wildman–Crippen MR) is 111 cm³/mol. The van der Waals surface area contributed by atoms with Gasteiger partial charge in [0.25, 0.3) is 0 Å². The summed E-state index contributed by atoms with van der Waals surface area (Å²) in [5.74, 6) is 0. The fraction of sp³-hybridized carbons (Fsp3) is 0.286. The molecule has 9 heteroatoms. The molecule has 0 aliphatic carbocycles. The smallest absolute Gasteiger partial charge is 0.383 e. The summed E-state index contributed by atoms with van der Waals surface area (Å²) in [5, 5.41) is 3.37. The molecule has 3 rings (SSSR count). The second-order valence-electron chi connectivity index (χ2n) is 7.20. The number of benzene rings is 2. The van der Waals surface area contributed by atoms with Crippen molar-refractivity contribution >= 4 is 26.6 Å². The number of nitrogens with one attached hydrogen (secondary N) is 2. The number of alkyl halides is 3. The summed E-state index contributed by atoms with van der Waals surface area (Å²) >= 11 is 0. The largest absolute Gasteiger partial charge is 0.406 e. The quantitative estimate of drug-likeness (QED) is 0.597. The van der Waals surface area contributed by atoms with Gasteiger partial charge in [0.2, 0.25) is 10.0 Å². The van der Waals surface area contributed by atoms with E-state index in [0.29, 0.717) is 27.7 Å². The monoisotopic (exact) mass is 437 g/mol. The SMILES string of the molecule is Cc1cc(C)c(S(=O)(=O)NC(CNc2cccc3ncccc23)C(F)(F)F)c(C)c1. The van der Waals surface area contributed by atoms with Gasteiger partial charge < -0.3 is 5.32 Å². The van der Waals surface area contributed by atoms with Crippen LogP contribution in [-0.4, -0.2) is 32.2 Å². The number of nitrogens with zero attached hydrogens (tertiary/aromatic N) is 1. The van der Waals surface area contributed by atoms with E-state index in [2.05, 4.69) is 10.3 Å². The Balaban J connectivity index is 1.89. The lowest BCUT2D eigenvalue weighted by Gasteiger charge is -2.24. The number of aryl methyl sites for hydroxylation is 3. The molecule has 0 aliphatic heterocycles. The molecule has 2 N–H and O–H groups in total. The van der Waals surface area contributed by atoms with Crippen molar-refractivity contribution in [2.75, 3.05) is 11.9 Å². The molecule has 160 valence electrons. The van der Waals surface area contributed by atoms with Gasteiger partial charge in [-0.25, -0.2) is 8.42 Å². The van der Waals surface area contributed by atoms with Crippen LogP contribution in [-0.2, 0) is 10.0 Å². The van der Waals surface area contributed by atoms with Crippen LogP contribution in [0.15, 0.2) is 53.6 Å². The van der Waals surface area contributed by atoms with Crippen LogP contribution < -0.4 is 10.0 Å². The highest BCUT2D eigenvalue weighted by Gasteiger charge is 2.42. The highest BCUT2D eigenvalue weighted by atomic mass is 32.2. The van der Waals surface area contributed by atoms with Crippen LogP contribution >= 0.6 is 0 Å². The molecule has 5 nitrogen and oxygen atoms in total. The van der Waals surface area contributed by atoms with Crippen molar-refractivity contribution in [3.63, 3.8) is 0 Å². The van der Waals surface area contributed by atoms with Gasteiger partial charge >= 0.3 is 6.18 Å². The summed E-state index contributed by atoms with van der Waals surface area (Å²) in [5.41, 5.74) is 2.69. The molecule has 0 bridgehead atoms. The van der Waals surface area contributed by atoms with E-state index in [-0.39, 0.29) is 4.90 Å². The van der Waals surface area contributed by atoms with E-state index in [1.54, 1.807) is 69.4 Å². The molecule has 0 radical (unpaired) electrons. The molecule has 0 saturated carbocycles. The van der Waals surface area contributed by atoms with Crippen molar-refractivity contribution in [1.82, 2.24) is 9.71 Å². The summed E-state index contributed by atoms with van der Waals surface area (Å²) in [7, 11) is -4.39. The minimum absolute atomic E-state index is 0.128. The molecular weight excluding hydrogens is 415 g/mol. The Labute approximate surface area is 173 Å². The number of fused-ring (bicyclic) bond motifs is 1. The Morgan fingerprint density at radius 3 is 2.33 bits per heavy atom. The van der Waals surface area contributed by atoms with Crippen molar-refractivity contribution in [2.24, 2.45) is 0 Å². The summed E-state index contributed by atoms with van der Waals surface area (Å²) in [6.07, 6.45) is -3.19. The molecule has 0 saturated heterocycles. The number of hydrogen-bond donors (Lipinski definition) is 2. The molecule has 2 aromatic carbocycles. The molecule has 1 atom stereocenters. The van der Waals surface area contributed by atoms with E-state index in [0.717, 1.165) is 5.56 Å². The highest BCUT2D eigenvalue weighted by molar-refractivity contribution is 7.89. The van der Waals surface area contributed by atoms with E-state index >= 15 is 0 Å². The second kappa shape index (κ2) is 8.23. The second-order valence-corrected chi connectivity index (χ2v) is 8.85. The molecule has 0 spiro atoms. The average Bonchev–Trinajstić information content (AvgIpc) is 2.63. The van der Waals surface area contributed by atoms with E-state index in [4.69, 9.17) is 0 Å². The van der Waals surface area contributed by atoms with Gasteiger partial charge in [-0.15, -0.1) is 0 Å². The van der Waals surface area contributed by atoms with Gasteiger partial charge in [0.05, 0.1) is 10.4 Å². The minimum atomic E-state index is -4.78. The van der Waals surface area contributed by atoms with Crippen LogP contribution in [0, 0.1) is 20.8 Å². The number of pyridine rings is 1. The minimum Gasteiger partial charge on any atom is -0.383 e. The lowest BCUT2D eigenvalue weighted by molar-refractivity contribution is -0.148. The van der Waals surface area contributed by atoms with Crippen molar-refractivity contribution in [3.8, 4) is 0 Å². The normalized spacial score (nSPS) is 13.4. The fourth-order valence-electron chi connectivity index (χ4n) is 3.53. The fourth-order valence-corrected chi connectivity index (χ4v) is 5.21. The topological polar surface area (TPSA) is 71.1 Å². The van der Waals surface area contributed by atoms with Crippen LogP contribution in [0.3, 0.4) is 0 Å². The first-order valence-corrected chi connectivity index (χ1v) is 10.7. The van der Waals surface area contributed by atoms with Crippen molar-refractivity contribution in [1.29, 1.82) is 0 Å². The number of rotatable bonds is 6. The molecule has 3 aromatic rings. The summed E-state index contributed by atoms with van der Waals surface area (Å²) < 4.78 is 68.5. The van der Waals surface area contributed by atoms with Crippen LogP contribution in [0.1, 0.15) is 16.7 Å². The Morgan fingerprint density at radius 1 is 1.03 bits per heavy atom. The van der Waals surface area contributed by atoms with Crippen LogP contribution in [0.5, 0.6) is 0 Å². The molecule has 0 amide bonds. The maximum Gasteiger partial charge on any atom is 0.406 e. The van der Waals surface area contributed by atoms with E-state index in [9.17, 15) is 21.6 Å². The number of sulfonamides is 1. The van der Waals surface area contributed by atoms with E-state index in [1.165, 1.54) is 0 Å². The number of anilines is 1. The zero-order valence-electron chi connectivity index (χ0n) is 16.7. The highest BCUT2D eigenvalue weighted by Crippen LogP contribution is 2.27. The van der Waals surface area contributed by atoms with Crippen molar-refractivity contribution < 1.29 is 21.6 Å². The first-order valence-electron chi connectivity index (χ1n) is 9.23. The third kappa shape index (κ3) is 4.73. The molecule has 1 heterocycles. The Hall–Kier alpha value is -2.65. The van der Waals surface area contributed by atoms with Crippen molar-refractivity contribution in [2.45, 2.75) is 37.9 Å². The Bertz CT molecular complexity index is 1150. The van der Waals surface area contributed by atoms with Crippen LogP contribution in [0.2, 0.25) is 0 Å². The number of halogens is 3. The number of hydrogen-bond acceptors (Lipinski definition) is 4. The maximum atomic E-state index is 13.7. The van der Waals surface area contributed by atoms with Gasteiger partial charge in [-0.05, 0) is 56.2 Å². The predicted octanol–water partition coefficient (Wildman–Crippen LogP) is 4.48. The van der Waals surface area contributed by atoms with Crippen molar-refractivity contribution in [3.05, 3.63) is 65.4 Å². The van der Waals surface area contributed by atoms with Gasteiger partial charge in [0, 0.05) is 23.8 Å². The van der Waals surface area contributed by atoms with Gasteiger partial charge in [0.15, 0.2) is 0 Å². The third-order valence-electron chi connectivity index (χ3n) is 4.71. The first kappa shape index (κ1) is 22.0. The first-order chi connectivity index (χ1) is 14.0. The molecular formula is C21H22F3N3O2S. The molecule has 1 aromatic heterocycles. The molecule has 0 aliphatic rings. The van der Waals surface area contributed by atoms with Gasteiger partial charge in [-0.2, -0.15) is 17.9 Å². The van der Waals surface area contributed by atoms with Crippen LogP contribution in [0.25, 0.3) is 10.9 Å². The number of aromatic nitrogens is 1. The zero-order valence-corrected chi connectivity index (χ0v) is 17.5. The van der Waals surface area contributed by atoms with Gasteiger partial charge in [-0.1, -0.05) is 23.8 Å². The molecule has 0 fully saturated rings. The van der Waals surface area contributed by atoms with Crippen LogP contribution in [0.4, 0.5) is 18.9 Å². The maximum absolute atomic E-state index is 13.7.